The Kier molecular flexibility index (Phi) is 9.46. The van der Waals surface area contributed by atoms with Crippen molar-refractivity contribution in [1.82, 2.24) is 19.4 Å². The quantitative estimate of drug-likeness (QED) is 0.248. The van der Waals surface area contributed by atoms with Gasteiger partial charge in [-0.05, 0) is 31.1 Å². The van der Waals surface area contributed by atoms with Gasteiger partial charge in [-0.2, -0.15) is 0 Å². The fraction of sp³-hybridized carbons (Fsp3) is 0.417. The number of carbonyl (C=O) groups is 1. The summed E-state index contributed by atoms with van der Waals surface area (Å²) in [5, 5.41) is 7.58. The number of aromatic nitrogens is 3. The highest BCUT2D eigenvalue weighted by molar-refractivity contribution is 6.02. The van der Waals surface area contributed by atoms with Crippen LogP contribution in [0.25, 0.3) is 22.2 Å². The molecule has 2 aromatic carbocycles. The maximum atomic E-state index is 12.6. The van der Waals surface area contributed by atoms with Crippen molar-refractivity contribution < 1.29 is 19.0 Å². The number of hydrogen-bond donors (Lipinski definition) is 2. The van der Waals surface area contributed by atoms with Crippen LogP contribution in [0.3, 0.4) is 0 Å². The maximum Gasteiger partial charge on any atom is 0.247 e. The molecule has 2 aromatic heterocycles. The maximum absolute atomic E-state index is 12.6. The summed E-state index contributed by atoms with van der Waals surface area (Å²) >= 11 is 0. The average molecular weight is 653 g/mol. The summed E-state index contributed by atoms with van der Waals surface area (Å²) in [4.78, 5) is 29.7. The van der Waals surface area contributed by atoms with Gasteiger partial charge in [-0.3, -0.25) is 9.69 Å². The second-order valence-corrected chi connectivity index (χ2v) is 12.5. The Labute approximate surface area is 281 Å². The molecule has 0 aliphatic carbocycles. The Morgan fingerprint density at radius 2 is 1.67 bits per heavy atom. The van der Waals surface area contributed by atoms with Crippen molar-refractivity contribution in [2.45, 2.75) is 18.9 Å². The van der Waals surface area contributed by atoms with E-state index in [1.807, 2.05) is 24.4 Å². The topological polar surface area (TPSA) is 109 Å². The molecule has 12 nitrogen and oxygen atoms in total. The third kappa shape index (κ3) is 6.55. The van der Waals surface area contributed by atoms with Crippen LogP contribution in [0.1, 0.15) is 12.8 Å². The normalized spacial score (nSPS) is 17.8. The zero-order valence-corrected chi connectivity index (χ0v) is 27.8. The molecule has 252 valence electrons. The first kappa shape index (κ1) is 31.9. The van der Waals surface area contributed by atoms with Gasteiger partial charge in [-0.15, -0.1) is 0 Å². The first-order valence-electron chi connectivity index (χ1n) is 16.8. The minimum Gasteiger partial charge on any atom is -0.494 e. The molecule has 3 saturated heterocycles. The van der Waals surface area contributed by atoms with Crippen LogP contribution in [0, 0.1) is 0 Å². The van der Waals surface area contributed by atoms with Crippen LogP contribution in [0.15, 0.2) is 61.4 Å². The third-order valence-electron chi connectivity index (χ3n) is 9.65. The smallest absolute Gasteiger partial charge is 0.247 e. The summed E-state index contributed by atoms with van der Waals surface area (Å²) in [6.45, 7) is 11.8. The first-order valence-corrected chi connectivity index (χ1v) is 16.8. The number of rotatable bonds is 9. The Bertz CT molecular complexity index is 1770. The summed E-state index contributed by atoms with van der Waals surface area (Å²) < 4.78 is 19.3. The number of piperidine rings is 1. The lowest BCUT2D eigenvalue weighted by Gasteiger charge is -2.41. The highest BCUT2D eigenvalue weighted by Crippen LogP contribution is 2.41. The van der Waals surface area contributed by atoms with E-state index in [2.05, 4.69) is 67.9 Å². The zero-order chi connectivity index (χ0) is 33.0. The highest BCUT2D eigenvalue weighted by Gasteiger charge is 2.28. The number of amides is 1. The summed E-state index contributed by atoms with van der Waals surface area (Å²) in [6.07, 6.45) is 7.38. The van der Waals surface area contributed by atoms with Crippen LogP contribution in [0.4, 0.5) is 28.7 Å². The summed E-state index contributed by atoms with van der Waals surface area (Å²) in [5.74, 6) is 0.776. The Hall–Kier alpha value is -4.65. The van der Waals surface area contributed by atoms with E-state index in [0.29, 0.717) is 42.3 Å². The van der Waals surface area contributed by atoms with E-state index in [9.17, 15) is 4.79 Å². The summed E-state index contributed by atoms with van der Waals surface area (Å²) in [5.41, 5.74) is 6.18. The molecule has 48 heavy (non-hydrogen) atoms. The van der Waals surface area contributed by atoms with Gasteiger partial charge in [0, 0.05) is 81.1 Å². The number of methoxy groups -OCH3 is 1. The lowest BCUT2D eigenvalue weighted by molar-refractivity contribution is -0.111. The van der Waals surface area contributed by atoms with Crippen LogP contribution >= 0.6 is 0 Å². The van der Waals surface area contributed by atoms with Gasteiger partial charge < -0.3 is 39.2 Å². The SMILES string of the molecule is C=CC(=O)Nc1cc(Nc2ncc(N3CCOCC3)c(-c3cn(C)c4ccccc34)n2)c(OC)cc1N1CCC(N2CCOCC2)CC1. The minimum absolute atomic E-state index is 0.278. The van der Waals surface area contributed by atoms with Crippen molar-refractivity contribution in [3.05, 3.63) is 61.4 Å². The van der Waals surface area contributed by atoms with Crippen molar-refractivity contribution in [2.24, 2.45) is 7.05 Å². The molecule has 1 amide bonds. The summed E-state index contributed by atoms with van der Waals surface area (Å²) in [6, 6.07) is 12.8. The predicted octanol–water partition coefficient (Wildman–Crippen LogP) is 4.65. The number of ether oxygens (including phenoxy) is 3. The molecule has 0 unspecified atom stereocenters. The molecule has 3 fully saturated rings. The second-order valence-electron chi connectivity index (χ2n) is 12.5. The van der Waals surface area contributed by atoms with Crippen molar-refractivity contribution in [3.63, 3.8) is 0 Å². The molecule has 3 aliphatic heterocycles. The van der Waals surface area contributed by atoms with Crippen LogP contribution in [-0.4, -0.2) is 104 Å². The van der Waals surface area contributed by atoms with Gasteiger partial charge in [-0.25, -0.2) is 9.97 Å². The average Bonchev–Trinajstić information content (AvgIpc) is 3.48. The minimum atomic E-state index is -0.278. The number of anilines is 5. The van der Waals surface area contributed by atoms with Gasteiger partial charge in [0.25, 0.3) is 0 Å². The van der Waals surface area contributed by atoms with E-state index in [1.165, 1.54) is 6.08 Å². The van der Waals surface area contributed by atoms with E-state index in [-0.39, 0.29) is 5.91 Å². The number of carbonyl (C=O) groups excluding carboxylic acids is 1. The zero-order valence-electron chi connectivity index (χ0n) is 27.8. The van der Waals surface area contributed by atoms with Gasteiger partial charge in [0.15, 0.2) is 0 Å². The lowest BCUT2D eigenvalue weighted by Crippen LogP contribution is -2.49. The van der Waals surface area contributed by atoms with Gasteiger partial charge in [0.2, 0.25) is 11.9 Å². The molecular weight excluding hydrogens is 608 g/mol. The number of nitrogens with one attached hydrogen (secondary N) is 2. The van der Waals surface area contributed by atoms with Crippen LogP contribution in [0.5, 0.6) is 5.75 Å². The number of hydrogen-bond acceptors (Lipinski definition) is 10. The van der Waals surface area contributed by atoms with Crippen molar-refractivity contribution in [1.29, 1.82) is 0 Å². The van der Waals surface area contributed by atoms with Gasteiger partial charge >= 0.3 is 0 Å². The fourth-order valence-corrected chi connectivity index (χ4v) is 7.12. The van der Waals surface area contributed by atoms with E-state index >= 15 is 0 Å². The monoisotopic (exact) mass is 652 g/mol. The molecule has 0 spiro atoms. The van der Waals surface area contributed by atoms with Crippen LogP contribution < -0.4 is 25.2 Å². The van der Waals surface area contributed by atoms with Crippen molar-refractivity contribution in [2.75, 3.05) is 93.2 Å². The number of fused-ring (bicyclic) bond motifs is 1. The molecule has 7 rings (SSSR count). The Morgan fingerprint density at radius 3 is 2.40 bits per heavy atom. The lowest BCUT2D eigenvalue weighted by atomic mass is 10.0. The molecular formula is C36H44N8O4. The van der Waals surface area contributed by atoms with Gasteiger partial charge in [0.05, 0.1) is 62.5 Å². The standard InChI is InChI=1S/C36H44N8O4/c1-4-34(45)38-28-21-29(33(46-3)22-31(28)43-11-9-25(10-12-43)42-13-17-47-18-14-42)39-36-37-23-32(44-15-19-48-20-16-44)35(40-36)27-24-41(2)30-8-6-5-7-26(27)30/h4-8,21-25H,1,9-20H2,2-3H3,(H,38,45)(H,37,39,40). The molecule has 3 aliphatic rings. The molecule has 4 aromatic rings. The van der Waals surface area contributed by atoms with Crippen LogP contribution in [0.2, 0.25) is 0 Å². The van der Waals surface area contributed by atoms with Gasteiger partial charge in [-0.1, -0.05) is 24.8 Å². The molecule has 0 radical (unpaired) electrons. The van der Waals surface area contributed by atoms with E-state index in [1.54, 1.807) is 7.11 Å². The summed E-state index contributed by atoms with van der Waals surface area (Å²) in [7, 11) is 3.71. The molecule has 0 atom stereocenters. The molecule has 0 bridgehead atoms. The molecule has 0 saturated carbocycles. The van der Waals surface area contributed by atoms with Crippen molar-refractivity contribution in [3.8, 4) is 17.0 Å². The number of benzene rings is 2. The van der Waals surface area contributed by atoms with E-state index in [4.69, 9.17) is 24.2 Å². The largest absolute Gasteiger partial charge is 0.494 e. The second kappa shape index (κ2) is 14.2. The molecule has 5 heterocycles. The van der Waals surface area contributed by atoms with Crippen LogP contribution in [-0.2, 0) is 21.3 Å². The fourth-order valence-electron chi connectivity index (χ4n) is 7.12. The third-order valence-corrected chi connectivity index (χ3v) is 9.65. The Morgan fingerprint density at radius 1 is 0.958 bits per heavy atom. The van der Waals surface area contributed by atoms with Crippen molar-refractivity contribution >= 4 is 45.5 Å². The first-order chi connectivity index (χ1) is 23.5. The molecule has 12 heteroatoms. The van der Waals surface area contributed by atoms with E-state index in [0.717, 1.165) is 98.9 Å². The number of para-hydroxylation sites is 1. The predicted molar refractivity (Wildman–Crippen MR) is 190 cm³/mol. The number of morpholine rings is 2. The number of aryl methyl sites for hydroxylation is 1. The van der Waals surface area contributed by atoms with Gasteiger partial charge in [0.1, 0.15) is 11.4 Å². The van der Waals surface area contributed by atoms with E-state index < -0.39 is 0 Å². The Balaban J connectivity index is 1.22. The molecule has 2 N–H and O–H groups in total. The number of nitrogens with zero attached hydrogens (tertiary/aromatic N) is 6. The highest BCUT2D eigenvalue weighted by atomic mass is 16.5.